The standard InChI is InChI=1S/C19H23NO4S3/c1-2-3-4-10-24-16-7-5-14(6-8-16)12-17-18(21)20(19(25)26-17)15-9-11-27(22,23)13-15/h5-8,12,15H,2-4,9-11,13H2,1H3/b17-12+. The van der Waals surface area contributed by atoms with Gasteiger partial charge < -0.3 is 4.74 Å². The predicted molar refractivity (Wildman–Crippen MR) is 114 cm³/mol. The molecule has 0 aromatic heterocycles. The Bertz CT molecular complexity index is 846. The van der Waals surface area contributed by atoms with Gasteiger partial charge in [-0.3, -0.25) is 9.69 Å². The molecule has 27 heavy (non-hydrogen) atoms. The molecule has 1 atom stereocenters. The maximum Gasteiger partial charge on any atom is 0.266 e. The molecule has 1 amide bonds. The van der Waals surface area contributed by atoms with Crippen LogP contribution in [0.25, 0.3) is 6.08 Å². The van der Waals surface area contributed by atoms with Crippen molar-refractivity contribution >= 4 is 50.1 Å². The van der Waals surface area contributed by atoms with Crippen molar-refractivity contribution in [3.63, 3.8) is 0 Å². The van der Waals surface area contributed by atoms with Gasteiger partial charge in [0.2, 0.25) is 0 Å². The van der Waals surface area contributed by atoms with Gasteiger partial charge in [0.15, 0.2) is 9.84 Å². The maximum absolute atomic E-state index is 12.7. The normalized spacial score (nSPS) is 23.4. The minimum absolute atomic E-state index is 0.00319. The first-order valence-electron chi connectivity index (χ1n) is 9.10. The molecule has 3 rings (SSSR count). The van der Waals surface area contributed by atoms with E-state index in [9.17, 15) is 13.2 Å². The summed E-state index contributed by atoms with van der Waals surface area (Å²) >= 11 is 6.55. The summed E-state index contributed by atoms with van der Waals surface area (Å²) in [7, 11) is -3.07. The van der Waals surface area contributed by atoms with Crippen molar-refractivity contribution in [1.82, 2.24) is 4.90 Å². The lowest BCUT2D eigenvalue weighted by Gasteiger charge is -2.20. The lowest BCUT2D eigenvalue weighted by Crippen LogP contribution is -2.39. The van der Waals surface area contributed by atoms with Crippen LogP contribution in [0.3, 0.4) is 0 Å². The Hall–Kier alpha value is -1.38. The Morgan fingerprint density at radius 1 is 1.30 bits per heavy atom. The Kier molecular flexibility index (Phi) is 6.60. The molecule has 5 nitrogen and oxygen atoms in total. The second-order valence-corrected chi connectivity index (χ2v) is 10.6. The highest BCUT2D eigenvalue weighted by atomic mass is 32.2. The van der Waals surface area contributed by atoms with Gasteiger partial charge in [0, 0.05) is 0 Å². The van der Waals surface area contributed by atoms with Crippen LogP contribution < -0.4 is 4.74 Å². The number of carbonyl (C=O) groups is 1. The van der Waals surface area contributed by atoms with E-state index in [0.29, 0.717) is 22.3 Å². The average Bonchev–Trinajstić information content (AvgIpc) is 3.11. The molecule has 0 spiro atoms. The summed E-state index contributed by atoms with van der Waals surface area (Å²) in [6.45, 7) is 2.86. The average molecular weight is 426 g/mol. The highest BCUT2D eigenvalue weighted by Gasteiger charge is 2.42. The van der Waals surface area contributed by atoms with Gasteiger partial charge in [0.25, 0.3) is 5.91 Å². The van der Waals surface area contributed by atoms with E-state index in [0.717, 1.165) is 30.6 Å². The number of unbranched alkanes of at least 4 members (excludes halogenated alkanes) is 2. The molecule has 1 unspecified atom stereocenters. The maximum atomic E-state index is 12.7. The van der Waals surface area contributed by atoms with Crippen LogP contribution in [0.1, 0.15) is 38.2 Å². The number of sulfone groups is 1. The number of nitrogens with zero attached hydrogens (tertiary/aromatic N) is 1. The number of thiocarbonyl (C=S) groups is 1. The van der Waals surface area contributed by atoms with Crippen LogP contribution >= 0.6 is 24.0 Å². The summed E-state index contributed by atoms with van der Waals surface area (Å²) in [6, 6.07) is 7.25. The number of rotatable bonds is 7. The minimum atomic E-state index is -3.07. The largest absolute Gasteiger partial charge is 0.494 e. The first-order valence-corrected chi connectivity index (χ1v) is 12.1. The predicted octanol–water partition coefficient (Wildman–Crippen LogP) is 3.64. The third-order valence-electron chi connectivity index (χ3n) is 4.59. The summed E-state index contributed by atoms with van der Waals surface area (Å²) in [6.07, 6.45) is 5.60. The van der Waals surface area contributed by atoms with Gasteiger partial charge in [-0.1, -0.05) is 55.9 Å². The topological polar surface area (TPSA) is 63.7 Å². The van der Waals surface area contributed by atoms with E-state index >= 15 is 0 Å². The quantitative estimate of drug-likeness (QED) is 0.378. The van der Waals surface area contributed by atoms with Gasteiger partial charge in [-0.15, -0.1) is 0 Å². The van der Waals surface area contributed by atoms with E-state index in [1.165, 1.54) is 16.7 Å². The zero-order chi connectivity index (χ0) is 19.4. The molecule has 0 saturated carbocycles. The highest BCUT2D eigenvalue weighted by molar-refractivity contribution is 8.26. The Labute approximate surface area is 170 Å². The second-order valence-electron chi connectivity index (χ2n) is 6.73. The molecule has 2 aliphatic heterocycles. The van der Waals surface area contributed by atoms with Crippen LogP contribution in [-0.4, -0.2) is 47.7 Å². The molecule has 2 aliphatic rings. The molecule has 2 fully saturated rings. The van der Waals surface area contributed by atoms with E-state index in [1.54, 1.807) is 6.08 Å². The number of hydrogen-bond donors (Lipinski definition) is 0. The number of hydrogen-bond acceptors (Lipinski definition) is 6. The Morgan fingerprint density at radius 2 is 2.04 bits per heavy atom. The van der Waals surface area contributed by atoms with Gasteiger partial charge in [0.1, 0.15) is 10.1 Å². The van der Waals surface area contributed by atoms with Crippen molar-refractivity contribution in [2.75, 3.05) is 18.1 Å². The number of thioether (sulfide) groups is 1. The number of ether oxygens (including phenoxy) is 1. The van der Waals surface area contributed by atoms with E-state index in [-0.39, 0.29) is 23.5 Å². The third-order valence-corrected chi connectivity index (χ3v) is 7.67. The van der Waals surface area contributed by atoms with Gasteiger partial charge in [0.05, 0.1) is 29.1 Å². The third kappa shape index (κ3) is 5.12. The molecular weight excluding hydrogens is 402 g/mol. The van der Waals surface area contributed by atoms with Crippen molar-refractivity contribution in [1.29, 1.82) is 0 Å². The molecular formula is C19H23NO4S3. The fourth-order valence-electron chi connectivity index (χ4n) is 3.13. The summed E-state index contributed by atoms with van der Waals surface area (Å²) in [5.74, 6) is 0.726. The van der Waals surface area contributed by atoms with Crippen molar-refractivity contribution in [2.24, 2.45) is 0 Å². The lowest BCUT2D eigenvalue weighted by atomic mass is 10.2. The van der Waals surface area contributed by atoms with Crippen molar-refractivity contribution < 1.29 is 17.9 Å². The summed E-state index contributed by atoms with van der Waals surface area (Å²) in [5, 5.41) is 0. The monoisotopic (exact) mass is 425 g/mol. The summed E-state index contributed by atoms with van der Waals surface area (Å²) in [5.41, 5.74) is 0.885. The first kappa shape index (κ1) is 20.4. The molecule has 146 valence electrons. The van der Waals surface area contributed by atoms with Crippen molar-refractivity contribution in [3.05, 3.63) is 34.7 Å². The van der Waals surface area contributed by atoms with Crippen LogP contribution in [0, 0.1) is 0 Å². The summed E-state index contributed by atoms with van der Waals surface area (Å²) < 4.78 is 29.6. The highest BCUT2D eigenvalue weighted by Crippen LogP contribution is 2.36. The fourth-order valence-corrected chi connectivity index (χ4v) is 6.23. The minimum Gasteiger partial charge on any atom is -0.494 e. The smallest absolute Gasteiger partial charge is 0.266 e. The Morgan fingerprint density at radius 3 is 2.67 bits per heavy atom. The summed E-state index contributed by atoms with van der Waals surface area (Å²) in [4.78, 5) is 14.7. The molecule has 2 heterocycles. The molecule has 1 aromatic carbocycles. The lowest BCUT2D eigenvalue weighted by molar-refractivity contribution is -0.123. The van der Waals surface area contributed by atoms with Crippen LogP contribution in [0.4, 0.5) is 0 Å². The van der Waals surface area contributed by atoms with Crippen molar-refractivity contribution in [2.45, 2.75) is 38.6 Å². The fraction of sp³-hybridized carbons (Fsp3) is 0.474. The molecule has 0 N–H and O–H groups in total. The molecule has 0 aliphatic carbocycles. The molecule has 0 bridgehead atoms. The molecule has 2 saturated heterocycles. The number of amides is 1. The zero-order valence-electron chi connectivity index (χ0n) is 15.2. The Balaban J connectivity index is 1.65. The van der Waals surface area contributed by atoms with Gasteiger partial charge >= 0.3 is 0 Å². The van der Waals surface area contributed by atoms with Crippen LogP contribution in [0.5, 0.6) is 5.75 Å². The number of benzene rings is 1. The van der Waals surface area contributed by atoms with E-state index in [2.05, 4.69) is 6.92 Å². The van der Waals surface area contributed by atoms with E-state index in [4.69, 9.17) is 17.0 Å². The van der Waals surface area contributed by atoms with E-state index < -0.39 is 9.84 Å². The SMILES string of the molecule is CCCCCOc1ccc(/C=C2/SC(=S)N(C3CCS(=O)(=O)C3)C2=O)cc1. The van der Waals surface area contributed by atoms with Crippen LogP contribution in [0.2, 0.25) is 0 Å². The molecule has 0 radical (unpaired) electrons. The first-order chi connectivity index (χ1) is 12.9. The molecule has 1 aromatic rings. The van der Waals surface area contributed by atoms with Gasteiger partial charge in [-0.05, 0) is 36.6 Å². The van der Waals surface area contributed by atoms with Crippen LogP contribution in [-0.2, 0) is 14.6 Å². The van der Waals surface area contributed by atoms with E-state index in [1.807, 2.05) is 24.3 Å². The molecule has 8 heteroatoms. The second kappa shape index (κ2) is 8.75. The van der Waals surface area contributed by atoms with Gasteiger partial charge in [-0.25, -0.2) is 8.42 Å². The van der Waals surface area contributed by atoms with Crippen molar-refractivity contribution in [3.8, 4) is 5.75 Å². The number of carbonyl (C=O) groups excluding carboxylic acids is 1. The zero-order valence-corrected chi connectivity index (χ0v) is 17.7. The van der Waals surface area contributed by atoms with Crippen LogP contribution in [0.15, 0.2) is 29.2 Å². The van der Waals surface area contributed by atoms with Gasteiger partial charge in [-0.2, -0.15) is 0 Å².